The highest BCUT2D eigenvalue weighted by Crippen LogP contribution is 2.32. The number of imidazole rings is 1. The van der Waals surface area contributed by atoms with Crippen LogP contribution in [0.4, 0.5) is 0 Å². The number of hydrogen-bond acceptors (Lipinski definition) is 3. The summed E-state index contributed by atoms with van der Waals surface area (Å²) in [7, 11) is 0. The van der Waals surface area contributed by atoms with Gasteiger partial charge in [0.05, 0.1) is 11.4 Å². The van der Waals surface area contributed by atoms with E-state index in [-0.39, 0.29) is 6.42 Å². The second kappa shape index (κ2) is 9.25. The van der Waals surface area contributed by atoms with Crippen LogP contribution in [-0.4, -0.2) is 26.8 Å². The Morgan fingerprint density at radius 3 is 2.23 bits per heavy atom. The van der Waals surface area contributed by atoms with Gasteiger partial charge in [-0.25, -0.2) is 4.98 Å². The molecule has 26 heavy (non-hydrogen) atoms. The molecule has 0 unspecified atom stereocenters. The number of aliphatic carboxylic acids is 1. The van der Waals surface area contributed by atoms with Crippen LogP contribution in [0, 0.1) is 0 Å². The molecule has 0 radical (unpaired) electrons. The number of aromatic amines is 1. The lowest BCUT2D eigenvalue weighted by Crippen LogP contribution is -1.94. The maximum absolute atomic E-state index is 10.5. The fourth-order valence-corrected chi connectivity index (χ4v) is 3.63. The molecule has 3 rings (SSSR count). The van der Waals surface area contributed by atoms with Crippen LogP contribution in [0.25, 0.3) is 22.5 Å². The highest BCUT2D eigenvalue weighted by molar-refractivity contribution is 7.99. The largest absolute Gasteiger partial charge is 0.481 e. The summed E-state index contributed by atoms with van der Waals surface area (Å²) < 4.78 is 0. The second-order valence-corrected chi connectivity index (χ2v) is 7.13. The topological polar surface area (TPSA) is 66.0 Å². The highest BCUT2D eigenvalue weighted by atomic mass is 32.2. The number of H-pyrrole nitrogens is 1. The smallest absolute Gasteiger partial charge is 0.303 e. The summed E-state index contributed by atoms with van der Waals surface area (Å²) in [4.78, 5) is 18.8. The number of rotatable bonds is 9. The molecule has 0 saturated heterocycles. The average molecular weight is 366 g/mol. The molecule has 2 aromatic carbocycles. The van der Waals surface area contributed by atoms with Crippen LogP contribution < -0.4 is 0 Å². The first-order valence-electron chi connectivity index (χ1n) is 8.79. The molecule has 0 bridgehead atoms. The van der Waals surface area contributed by atoms with Crippen LogP contribution in [0.1, 0.15) is 25.7 Å². The van der Waals surface area contributed by atoms with Gasteiger partial charge < -0.3 is 10.1 Å². The number of unbranched alkanes of at least 4 members (excludes halogenated alkanes) is 2. The standard InChI is InChI=1S/C21H22N2O2S/c24-18(25)14-8-3-9-15-26-21-22-19(16-10-4-1-5-11-16)20(23-21)17-12-6-2-7-13-17/h1-2,4-7,10-13H,3,8-9,14-15H2,(H,22,23)(H,24,25). The quantitative estimate of drug-likeness (QED) is 0.389. The summed E-state index contributed by atoms with van der Waals surface area (Å²) >= 11 is 1.69. The van der Waals surface area contributed by atoms with E-state index in [2.05, 4.69) is 29.2 Å². The third-order valence-electron chi connectivity index (χ3n) is 4.07. The highest BCUT2D eigenvalue weighted by Gasteiger charge is 2.14. The Kier molecular flexibility index (Phi) is 6.50. The summed E-state index contributed by atoms with van der Waals surface area (Å²) in [5, 5.41) is 9.58. The lowest BCUT2D eigenvalue weighted by atomic mass is 10.1. The predicted molar refractivity (Wildman–Crippen MR) is 106 cm³/mol. The molecule has 5 heteroatoms. The number of benzene rings is 2. The zero-order valence-electron chi connectivity index (χ0n) is 14.5. The molecule has 1 heterocycles. The van der Waals surface area contributed by atoms with E-state index in [4.69, 9.17) is 10.1 Å². The van der Waals surface area contributed by atoms with Crippen LogP contribution in [0.2, 0.25) is 0 Å². The molecule has 0 amide bonds. The number of aromatic nitrogens is 2. The van der Waals surface area contributed by atoms with Gasteiger partial charge in [-0.05, 0) is 12.8 Å². The van der Waals surface area contributed by atoms with Crippen molar-refractivity contribution in [2.75, 3.05) is 5.75 Å². The molecular weight excluding hydrogens is 344 g/mol. The molecule has 2 N–H and O–H groups in total. The minimum Gasteiger partial charge on any atom is -0.481 e. The van der Waals surface area contributed by atoms with Crippen molar-refractivity contribution in [1.29, 1.82) is 0 Å². The third kappa shape index (κ3) is 4.99. The van der Waals surface area contributed by atoms with Gasteiger partial charge in [0.2, 0.25) is 0 Å². The minimum atomic E-state index is -0.719. The Morgan fingerprint density at radius 1 is 0.923 bits per heavy atom. The number of thioether (sulfide) groups is 1. The van der Waals surface area contributed by atoms with E-state index in [0.717, 1.165) is 52.7 Å². The lowest BCUT2D eigenvalue weighted by Gasteiger charge is -2.02. The van der Waals surface area contributed by atoms with E-state index in [1.807, 2.05) is 36.4 Å². The maximum Gasteiger partial charge on any atom is 0.303 e. The summed E-state index contributed by atoms with van der Waals surface area (Å²) in [6, 6.07) is 20.4. The van der Waals surface area contributed by atoms with E-state index in [0.29, 0.717) is 0 Å². The monoisotopic (exact) mass is 366 g/mol. The van der Waals surface area contributed by atoms with Crippen LogP contribution in [0.3, 0.4) is 0 Å². The fourth-order valence-electron chi connectivity index (χ4n) is 2.76. The first-order chi connectivity index (χ1) is 12.7. The van der Waals surface area contributed by atoms with E-state index in [1.54, 1.807) is 11.8 Å². The lowest BCUT2D eigenvalue weighted by molar-refractivity contribution is -0.137. The van der Waals surface area contributed by atoms with Crippen molar-refractivity contribution in [2.24, 2.45) is 0 Å². The first kappa shape index (κ1) is 18.3. The molecule has 0 aliphatic carbocycles. The van der Waals surface area contributed by atoms with Crippen molar-refractivity contribution >= 4 is 17.7 Å². The molecule has 3 aromatic rings. The van der Waals surface area contributed by atoms with Gasteiger partial charge in [0.1, 0.15) is 0 Å². The maximum atomic E-state index is 10.5. The van der Waals surface area contributed by atoms with Gasteiger partial charge in [-0.1, -0.05) is 78.8 Å². The Bertz CT molecular complexity index is 775. The minimum absolute atomic E-state index is 0.252. The summed E-state index contributed by atoms with van der Waals surface area (Å²) in [6.07, 6.45) is 2.90. The Labute approximate surface area is 157 Å². The van der Waals surface area contributed by atoms with Gasteiger partial charge in [0.15, 0.2) is 5.16 Å². The van der Waals surface area contributed by atoms with E-state index in [9.17, 15) is 4.79 Å². The van der Waals surface area contributed by atoms with Crippen molar-refractivity contribution in [3.8, 4) is 22.5 Å². The van der Waals surface area contributed by atoms with Crippen molar-refractivity contribution < 1.29 is 9.90 Å². The number of carboxylic acid groups (broad SMARTS) is 1. The molecule has 0 atom stereocenters. The molecule has 0 aliphatic heterocycles. The zero-order valence-corrected chi connectivity index (χ0v) is 15.3. The molecule has 0 spiro atoms. The van der Waals surface area contributed by atoms with Crippen LogP contribution in [-0.2, 0) is 4.79 Å². The summed E-state index contributed by atoms with van der Waals surface area (Å²) in [6.45, 7) is 0. The van der Waals surface area contributed by atoms with Gasteiger partial charge >= 0.3 is 5.97 Å². The van der Waals surface area contributed by atoms with Gasteiger partial charge in [0.25, 0.3) is 0 Å². The Balaban J connectivity index is 1.72. The molecule has 0 aliphatic rings. The van der Waals surface area contributed by atoms with Gasteiger partial charge in [-0.2, -0.15) is 0 Å². The van der Waals surface area contributed by atoms with Crippen molar-refractivity contribution in [1.82, 2.24) is 9.97 Å². The van der Waals surface area contributed by atoms with Gasteiger partial charge in [-0.15, -0.1) is 0 Å². The van der Waals surface area contributed by atoms with Crippen molar-refractivity contribution in [3.05, 3.63) is 60.7 Å². The first-order valence-corrected chi connectivity index (χ1v) is 9.78. The van der Waals surface area contributed by atoms with Crippen LogP contribution in [0.15, 0.2) is 65.8 Å². The fraction of sp³-hybridized carbons (Fsp3) is 0.238. The average Bonchev–Trinajstić information content (AvgIpc) is 3.10. The van der Waals surface area contributed by atoms with Gasteiger partial charge in [-0.3, -0.25) is 4.79 Å². The molecule has 1 aromatic heterocycles. The zero-order chi connectivity index (χ0) is 18.2. The van der Waals surface area contributed by atoms with E-state index >= 15 is 0 Å². The van der Waals surface area contributed by atoms with Crippen molar-refractivity contribution in [2.45, 2.75) is 30.8 Å². The number of hydrogen-bond donors (Lipinski definition) is 2. The molecule has 0 fully saturated rings. The third-order valence-corrected chi connectivity index (χ3v) is 5.03. The summed E-state index contributed by atoms with van der Waals surface area (Å²) in [5.41, 5.74) is 4.21. The molecular formula is C21H22N2O2S. The predicted octanol–water partition coefficient (Wildman–Crippen LogP) is 5.48. The van der Waals surface area contributed by atoms with Crippen LogP contribution in [0.5, 0.6) is 0 Å². The normalized spacial score (nSPS) is 10.8. The van der Waals surface area contributed by atoms with Crippen LogP contribution >= 0.6 is 11.8 Å². The summed E-state index contributed by atoms with van der Waals surface area (Å²) in [5.74, 6) is 0.207. The number of carboxylic acids is 1. The molecule has 4 nitrogen and oxygen atoms in total. The SMILES string of the molecule is O=C(O)CCCCCSc1nc(-c2ccccc2)c(-c2ccccc2)[nH]1. The Hall–Kier alpha value is -2.53. The van der Waals surface area contributed by atoms with E-state index < -0.39 is 5.97 Å². The van der Waals surface area contributed by atoms with Crippen molar-refractivity contribution in [3.63, 3.8) is 0 Å². The van der Waals surface area contributed by atoms with E-state index in [1.165, 1.54) is 0 Å². The number of nitrogens with zero attached hydrogens (tertiary/aromatic N) is 1. The second-order valence-electron chi connectivity index (χ2n) is 6.05. The number of nitrogens with one attached hydrogen (secondary N) is 1. The number of carbonyl (C=O) groups is 1. The molecule has 0 saturated carbocycles. The molecule has 134 valence electrons. The Morgan fingerprint density at radius 2 is 1.58 bits per heavy atom. The van der Waals surface area contributed by atoms with Gasteiger partial charge in [0, 0.05) is 23.3 Å².